The van der Waals surface area contributed by atoms with Gasteiger partial charge in [0.2, 0.25) is 0 Å². The summed E-state index contributed by atoms with van der Waals surface area (Å²) in [6.07, 6.45) is 1.02. The highest BCUT2D eigenvalue weighted by Gasteiger charge is 2.28. The van der Waals surface area contributed by atoms with Gasteiger partial charge >= 0.3 is 12.3 Å². The van der Waals surface area contributed by atoms with Crippen molar-refractivity contribution in [2.75, 3.05) is 13.2 Å². The predicted molar refractivity (Wildman–Crippen MR) is 80.6 cm³/mol. The maximum atomic E-state index is 11.5. The molecule has 2 unspecified atom stereocenters. The first-order chi connectivity index (χ1) is 10.4. The first-order valence-electron chi connectivity index (χ1n) is 8.03. The van der Waals surface area contributed by atoms with E-state index in [0.717, 1.165) is 19.3 Å². The lowest BCUT2D eigenvalue weighted by Crippen LogP contribution is -2.32. The molecule has 0 heterocycles. The van der Waals surface area contributed by atoms with Crippen LogP contribution in [0.15, 0.2) is 0 Å². The summed E-state index contributed by atoms with van der Waals surface area (Å²) < 4.78 is 20.5. The van der Waals surface area contributed by atoms with Crippen molar-refractivity contribution in [1.82, 2.24) is 0 Å². The maximum absolute atomic E-state index is 11.5. The SMILES string of the molecule is CC(C)COC(=O)OC1CCCC(OC(=O)OCC(C)C)C1. The van der Waals surface area contributed by atoms with E-state index < -0.39 is 12.3 Å². The van der Waals surface area contributed by atoms with E-state index in [1.54, 1.807) is 0 Å². The second-order valence-corrected chi connectivity index (χ2v) is 6.56. The predicted octanol–water partition coefficient (Wildman–Crippen LogP) is 3.92. The fourth-order valence-electron chi connectivity index (χ4n) is 2.13. The van der Waals surface area contributed by atoms with Crippen LogP contribution in [0.5, 0.6) is 0 Å². The van der Waals surface area contributed by atoms with E-state index in [2.05, 4.69) is 0 Å². The Kier molecular flexibility index (Phi) is 8.06. The van der Waals surface area contributed by atoms with Crippen molar-refractivity contribution in [3.05, 3.63) is 0 Å². The van der Waals surface area contributed by atoms with Crippen molar-refractivity contribution in [2.45, 2.75) is 65.6 Å². The van der Waals surface area contributed by atoms with Gasteiger partial charge in [0.15, 0.2) is 0 Å². The minimum atomic E-state index is -0.651. The van der Waals surface area contributed by atoms with Gasteiger partial charge in [-0.3, -0.25) is 0 Å². The van der Waals surface area contributed by atoms with E-state index >= 15 is 0 Å². The standard InChI is InChI=1S/C16H28O6/c1-11(2)9-19-15(17)21-13-6-5-7-14(8-13)22-16(18)20-10-12(3)4/h11-14H,5-10H2,1-4H3. The molecular formula is C16H28O6. The summed E-state index contributed by atoms with van der Waals surface area (Å²) >= 11 is 0. The lowest BCUT2D eigenvalue weighted by Gasteiger charge is -2.28. The molecule has 1 aliphatic carbocycles. The number of rotatable bonds is 6. The van der Waals surface area contributed by atoms with Crippen molar-refractivity contribution in [1.29, 1.82) is 0 Å². The highest BCUT2D eigenvalue weighted by Crippen LogP contribution is 2.24. The Hall–Kier alpha value is -1.46. The summed E-state index contributed by atoms with van der Waals surface area (Å²) in [5, 5.41) is 0. The van der Waals surface area contributed by atoms with Gasteiger partial charge in [-0.05, 0) is 31.1 Å². The molecule has 0 amide bonds. The van der Waals surface area contributed by atoms with Gasteiger partial charge in [-0.2, -0.15) is 0 Å². The first-order valence-corrected chi connectivity index (χ1v) is 8.03. The summed E-state index contributed by atoms with van der Waals surface area (Å²) in [5.41, 5.74) is 0. The van der Waals surface area contributed by atoms with Crippen LogP contribution in [0.1, 0.15) is 53.4 Å². The third kappa shape index (κ3) is 8.10. The van der Waals surface area contributed by atoms with Crippen LogP contribution in [0.25, 0.3) is 0 Å². The molecule has 0 saturated heterocycles. The van der Waals surface area contributed by atoms with Crippen LogP contribution < -0.4 is 0 Å². The van der Waals surface area contributed by atoms with Crippen LogP contribution in [0.2, 0.25) is 0 Å². The second-order valence-electron chi connectivity index (χ2n) is 6.56. The van der Waals surface area contributed by atoms with Gasteiger partial charge in [-0.25, -0.2) is 9.59 Å². The quantitative estimate of drug-likeness (QED) is 0.692. The molecule has 128 valence electrons. The van der Waals surface area contributed by atoms with E-state index in [0.29, 0.717) is 19.6 Å². The molecule has 0 aromatic rings. The lowest BCUT2D eigenvalue weighted by molar-refractivity contribution is -0.0378. The third-order valence-electron chi connectivity index (χ3n) is 3.17. The molecule has 22 heavy (non-hydrogen) atoms. The maximum Gasteiger partial charge on any atom is 0.508 e. The average Bonchev–Trinajstić information content (AvgIpc) is 2.43. The molecule has 0 N–H and O–H groups in total. The van der Waals surface area contributed by atoms with Gasteiger partial charge in [0.25, 0.3) is 0 Å². The molecule has 0 aromatic carbocycles. The van der Waals surface area contributed by atoms with Gasteiger partial charge < -0.3 is 18.9 Å². The Morgan fingerprint density at radius 2 is 1.27 bits per heavy atom. The molecule has 0 spiro atoms. The van der Waals surface area contributed by atoms with Crippen LogP contribution in [-0.2, 0) is 18.9 Å². The smallest absolute Gasteiger partial charge is 0.434 e. The number of hydrogen-bond donors (Lipinski definition) is 0. The topological polar surface area (TPSA) is 71.1 Å². The summed E-state index contributed by atoms with van der Waals surface area (Å²) in [6.45, 7) is 8.52. The summed E-state index contributed by atoms with van der Waals surface area (Å²) in [5.74, 6) is 0.538. The van der Waals surface area contributed by atoms with Gasteiger partial charge in [0, 0.05) is 6.42 Å². The van der Waals surface area contributed by atoms with Crippen molar-refractivity contribution in [3.63, 3.8) is 0 Å². The highest BCUT2D eigenvalue weighted by atomic mass is 16.7. The minimum Gasteiger partial charge on any atom is -0.434 e. The summed E-state index contributed by atoms with van der Waals surface area (Å²) in [4.78, 5) is 23.1. The molecule has 1 aliphatic rings. The van der Waals surface area contributed by atoms with E-state index in [1.807, 2.05) is 27.7 Å². The van der Waals surface area contributed by atoms with E-state index in [-0.39, 0.29) is 24.0 Å². The van der Waals surface area contributed by atoms with Crippen molar-refractivity contribution < 1.29 is 28.5 Å². The summed E-state index contributed by atoms with van der Waals surface area (Å²) in [7, 11) is 0. The molecule has 1 saturated carbocycles. The Morgan fingerprint density at radius 3 is 1.64 bits per heavy atom. The Bertz CT molecular complexity index is 321. The molecule has 6 heteroatoms. The molecular weight excluding hydrogens is 288 g/mol. The Balaban J connectivity index is 2.28. The molecule has 0 bridgehead atoms. The molecule has 0 aromatic heterocycles. The Morgan fingerprint density at radius 1 is 0.864 bits per heavy atom. The van der Waals surface area contributed by atoms with Crippen LogP contribution in [-0.4, -0.2) is 37.7 Å². The summed E-state index contributed by atoms with van der Waals surface area (Å²) in [6, 6.07) is 0. The monoisotopic (exact) mass is 316 g/mol. The minimum absolute atomic E-state index is 0.267. The molecule has 6 nitrogen and oxygen atoms in total. The number of ether oxygens (including phenoxy) is 4. The normalized spacial score (nSPS) is 21.5. The van der Waals surface area contributed by atoms with E-state index in [9.17, 15) is 9.59 Å². The molecule has 0 radical (unpaired) electrons. The van der Waals surface area contributed by atoms with E-state index in [4.69, 9.17) is 18.9 Å². The third-order valence-corrected chi connectivity index (χ3v) is 3.17. The van der Waals surface area contributed by atoms with Gasteiger partial charge in [-0.1, -0.05) is 27.7 Å². The van der Waals surface area contributed by atoms with Crippen LogP contribution in [0, 0.1) is 11.8 Å². The fraction of sp³-hybridized carbons (Fsp3) is 0.875. The first kappa shape index (κ1) is 18.6. The van der Waals surface area contributed by atoms with E-state index in [1.165, 1.54) is 0 Å². The zero-order chi connectivity index (χ0) is 16.5. The molecule has 1 fully saturated rings. The molecule has 1 rings (SSSR count). The number of carbonyl (C=O) groups is 2. The van der Waals surface area contributed by atoms with Crippen molar-refractivity contribution >= 4 is 12.3 Å². The zero-order valence-electron chi connectivity index (χ0n) is 14.0. The van der Waals surface area contributed by atoms with Crippen LogP contribution >= 0.6 is 0 Å². The van der Waals surface area contributed by atoms with Gasteiger partial charge in [0.05, 0.1) is 13.2 Å². The van der Waals surface area contributed by atoms with Gasteiger partial charge in [0.1, 0.15) is 12.2 Å². The number of hydrogen-bond acceptors (Lipinski definition) is 6. The zero-order valence-corrected chi connectivity index (χ0v) is 14.0. The van der Waals surface area contributed by atoms with Crippen LogP contribution in [0.3, 0.4) is 0 Å². The fourth-order valence-corrected chi connectivity index (χ4v) is 2.13. The molecule has 2 atom stereocenters. The van der Waals surface area contributed by atoms with Gasteiger partial charge in [-0.15, -0.1) is 0 Å². The van der Waals surface area contributed by atoms with Crippen molar-refractivity contribution in [2.24, 2.45) is 11.8 Å². The van der Waals surface area contributed by atoms with Crippen LogP contribution in [0.4, 0.5) is 9.59 Å². The van der Waals surface area contributed by atoms with Crippen molar-refractivity contribution in [3.8, 4) is 0 Å². The highest BCUT2D eigenvalue weighted by molar-refractivity contribution is 5.60. The molecule has 0 aliphatic heterocycles. The lowest BCUT2D eigenvalue weighted by atomic mass is 9.95. The number of carbonyl (C=O) groups excluding carboxylic acids is 2. The Labute approximate surface area is 132 Å². The largest absolute Gasteiger partial charge is 0.508 e. The second kappa shape index (κ2) is 9.54. The average molecular weight is 316 g/mol.